The highest BCUT2D eigenvalue weighted by atomic mass is 79.9. The third kappa shape index (κ3) is 3.32. The first-order valence-corrected chi connectivity index (χ1v) is 6.21. The summed E-state index contributed by atoms with van der Waals surface area (Å²) in [6.45, 7) is 0. The maximum Gasteiger partial charge on any atom is 0.215 e. The highest BCUT2D eigenvalue weighted by Gasteiger charge is 2.00. The molecule has 2 aromatic rings. The minimum atomic E-state index is 0.480. The van der Waals surface area contributed by atoms with Crippen molar-refractivity contribution in [2.45, 2.75) is 0 Å². The van der Waals surface area contributed by atoms with Crippen LogP contribution in [0.15, 0.2) is 64.1 Å². The molecule has 0 atom stereocenters. The minimum Gasteiger partial charge on any atom is -0.325 e. The molecular formula is C13H13BrN4. The van der Waals surface area contributed by atoms with E-state index in [1.807, 2.05) is 54.6 Å². The lowest BCUT2D eigenvalue weighted by Crippen LogP contribution is -2.35. The Bertz CT molecular complexity index is 540. The van der Waals surface area contributed by atoms with E-state index in [-0.39, 0.29) is 0 Å². The molecule has 18 heavy (non-hydrogen) atoms. The van der Waals surface area contributed by atoms with Crippen LogP contribution in [0.1, 0.15) is 0 Å². The molecule has 4 N–H and O–H groups in total. The number of hydrogen-bond acceptors (Lipinski definition) is 2. The van der Waals surface area contributed by atoms with Gasteiger partial charge in [0, 0.05) is 10.2 Å². The number of aliphatic imine (C=N–C) groups is 1. The van der Waals surface area contributed by atoms with Crippen molar-refractivity contribution in [3.05, 3.63) is 59.1 Å². The molecule has 0 saturated heterocycles. The lowest BCUT2D eigenvalue weighted by Gasteiger charge is -2.09. The average Bonchev–Trinajstić information content (AvgIpc) is 2.41. The van der Waals surface area contributed by atoms with Gasteiger partial charge in [0.2, 0.25) is 5.96 Å². The molecule has 0 aromatic heterocycles. The molecule has 0 aliphatic rings. The van der Waals surface area contributed by atoms with Crippen molar-refractivity contribution in [3.63, 3.8) is 0 Å². The summed E-state index contributed by atoms with van der Waals surface area (Å²) in [5.74, 6) is 5.94. The first-order chi connectivity index (χ1) is 8.79. The van der Waals surface area contributed by atoms with Crippen LogP contribution >= 0.6 is 15.9 Å². The predicted molar refractivity (Wildman–Crippen MR) is 78.6 cm³/mol. The molecule has 2 rings (SSSR count). The third-order valence-corrected chi connectivity index (χ3v) is 2.93. The van der Waals surface area contributed by atoms with Crippen molar-refractivity contribution in [2.75, 3.05) is 5.32 Å². The molecule has 0 bridgehead atoms. The zero-order valence-electron chi connectivity index (χ0n) is 9.60. The summed E-state index contributed by atoms with van der Waals surface area (Å²) in [5.41, 5.74) is 4.26. The van der Waals surface area contributed by atoms with Crippen molar-refractivity contribution in [1.82, 2.24) is 5.43 Å². The van der Waals surface area contributed by atoms with Crippen LogP contribution in [0, 0.1) is 0 Å². The van der Waals surface area contributed by atoms with Gasteiger partial charge < -0.3 is 5.32 Å². The van der Waals surface area contributed by atoms with Gasteiger partial charge in [-0.15, -0.1) is 0 Å². The lowest BCUT2D eigenvalue weighted by atomic mass is 10.3. The number of guanidine groups is 1. The number of benzene rings is 2. The van der Waals surface area contributed by atoms with E-state index >= 15 is 0 Å². The van der Waals surface area contributed by atoms with Gasteiger partial charge in [0.1, 0.15) is 0 Å². The van der Waals surface area contributed by atoms with E-state index in [4.69, 9.17) is 5.84 Å². The second-order valence-corrected chi connectivity index (χ2v) is 4.40. The van der Waals surface area contributed by atoms with E-state index in [1.165, 1.54) is 0 Å². The number of para-hydroxylation sites is 2. The first kappa shape index (κ1) is 12.6. The van der Waals surface area contributed by atoms with E-state index < -0.39 is 0 Å². The monoisotopic (exact) mass is 304 g/mol. The highest BCUT2D eigenvalue weighted by Crippen LogP contribution is 2.24. The Balaban J connectivity index is 2.21. The lowest BCUT2D eigenvalue weighted by molar-refractivity contribution is 1.02. The number of nitrogens with zero attached hydrogens (tertiary/aromatic N) is 1. The standard InChI is InChI=1S/C13H13BrN4/c14-11-8-4-5-9-12(11)17-13(18-15)16-10-6-2-1-3-7-10/h1-9H,15H2,(H2,16,17,18). The molecule has 2 aromatic carbocycles. The Hall–Kier alpha value is -1.85. The minimum absolute atomic E-state index is 0.480. The van der Waals surface area contributed by atoms with E-state index in [0.29, 0.717) is 5.96 Å². The van der Waals surface area contributed by atoms with Crippen LogP contribution in [0.4, 0.5) is 11.4 Å². The quantitative estimate of drug-likeness (QED) is 0.346. The van der Waals surface area contributed by atoms with E-state index in [0.717, 1.165) is 15.8 Å². The summed E-state index contributed by atoms with van der Waals surface area (Å²) in [6, 6.07) is 17.4. The Kier molecular flexibility index (Phi) is 4.33. The van der Waals surface area contributed by atoms with Crippen molar-refractivity contribution in [3.8, 4) is 0 Å². The number of nitrogens with one attached hydrogen (secondary N) is 2. The summed E-state index contributed by atoms with van der Waals surface area (Å²) < 4.78 is 0.910. The second kappa shape index (κ2) is 6.18. The van der Waals surface area contributed by atoms with Gasteiger partial charge in [0.25, 0.3) is 0 Å². The SMILES string of the molecule is NNC(=Nc1ccccc1Br)Nc1ccccc1. The van der Waals surface area contributed by atoms with Gasteiger partial charge in [0.05, 0.1) is 5.69 Å². The summed E-state index contributed by atoms with van der Waals surface area (Å²) in [6.07, 6.45) is 0. The van der Waals surface area contributed by atoms with Gasteiger partial charge in [-0.2, -0.15) is 0 Å². The zero-order valence-corrected chi connectivity index (χ0v) is 11.2. The van der Waals surface area contributed by atoms with Crippen molar-refractivity contribution in [1.29, 1.82) is 0 Å². The Labute approximate surface area is 114 Å². The van der Waals surface area contributed by atoms with Crippen LogP contribution in [0.2, 0.25) is 0 Å². The molecule has 5 heteroatoms. The van der Waals surface area contributed by atoms with Gasteiger partial charge >= 0.3 is 0 Å². The predicted octanol–water partition coefficient (Wildman–Crippen LogP) is 3.01. The average molecular weight is 305 g/mol. The topological polar surface area (TPSA) is 62.4 Å². The molecule has 0 heterocycles. The smallest absolute Gasteiger partial charge is 0.215 e. The van der Waals surface area contributed by atoms with Crippen LogP contribution in [-0.2, 0) is 0 Å². The number of rotatable bonds is 2. The maximum atomic E-state index is 5.46. The molecule has 0 aliphatic heterocycles. The van der Waals surface area contributed by atoms with Crippen LogP contribution in [0.25, 0.3) is 0 Å². The van der Waals surface area contributed by atoms with Crippen molar-refractivity contribution >= 4 is 33.3 Å². The molecule has 0 radical (unpaired) electrons. The molecule has 0 amide bonds. The molecule has 4 nitrogen and oxygen atoms in total. The number of hydrazine groups is 1. The van der Waals surface area contributed by atoms with Gasteiger partial charge in [-0.3, -0.25) is 5.43 Å². The molecule has 0 spiro atoms. The van der Waals surface area contributed by atoms with Gasteiger partial charge in [-0.1, -0.05) is 30.3 Å². The van der Waals surface area contributed by atoms with E-state index in [1.54, 1.807) is 0 Å². The van der Waals surface area contributed by atoms with Crippen LogP contribution in [0.3, 0.4) is 0 Å². The number of nitrogens with two attached hydrogens (primary N) is 1. The normalized spacial score (nSPS) is 11.1. The fourth-order valence-electron chi connectivity index (χ4n) is 1.42. The van der Waals surface area contributed by atoms with E-state index in [2.05, 4.69) is 31.7 Å². The van der Waals surface area contributed by atoms with Gasteiger partial charge in [-0.25, -0.2) is 10.8 Å². The maximum absolute atomic E-state index is 5.46. The molecule has 0 unspecified atom stereocenters. The van der Waals surface area contributed by atoms with E-state index in [9.17, 15) is 0 Å². The summed E-state index contributed by atoms with van der Waals surface area (Å²) in [4.78, 5) is 4.39. The summed E-state index contributed by atoms with van der Waals surface area (Å²) >= 11 is 3.44. The number of halogens is 1. The fraction of sp³-hybridized carbons (Fsp3) is 0. The summed E-state index contributed by atoms with van der Waals surface area (Å²) in [5, 5.41) is 3.10. The van der Waals surface area contributed by atoms with Crippen molar-refractivity contribution < 1.29 is 0 Å². The first-order valence-electron chi connectivity index (χ1n) is 5.41. The Morgan fingerprint density at radius 1 is 1.00 bits per heavy atom. The number of anilines is 1. The van der Waals surface area contributed by atoms with Crippen LogP contribution in [-0.4, -0.2) is 5.96 Å². The molecule has 0 aliphatic carbocycles. The van der Waals surface area contributed by atoms with Crippen LogP contribution < -0.4 is 16.6 Å². The highest BCUT2D eigenvalue weighted by molar-refractivity contribution is 9.10. The zero-order chi connectivity index (χ0) is 12.8. The molecule has 0 fully saturated rings. The van der Waals surface area contributed by atoms with Gasteiger partial charge in [-0.05, 0) is 40.2 Å². The largest absolute Gasteiger partial charge is 0.325 e. The molecular weight excluding hydrogens is 292 g/mol. The molecule has 92 valence electrons. The Morgan fingerprint density at radius 3 is 2.33 bits per heavy atom. The Morgan fingerprint density at radius 2 is 1.67 bits per heavy atom. The second-order valence-electron chi connectivity index (χ2n) is 3.55. The number of hydrogen-bond donors (Lipinski definition) is 3. The van der Waals surface area contributed by atoms with Crippen LogP contribution in [0.5, 0.6) is 0 Å². The molecule has 0 saturated carbocycles. The summed E-state index contributed by atoms with van der Waals surface area (Å²) in [7, 11) is 0. The third-order valence-electron chi connectivity index (χ3n) is 2.26. The van der Waals surface area contributed by atoms with Crippen molar-refractivity contribution in [2.24, 2.45) is 10.8 Å². The van der Waals surface area contributed by atoms with Gasteiger partial charge in [0.15, 0.2) is 0 Å². The fourth-order valence-corrected chi connectivity index (χ4v) is 1.79.